The Bertz CT molecular complexity index is 336. The maximum absolute atomic E-state index is 3.46. The molecule has 1 N–H and O–H groups in total. The Hall–Kier alpha value is -0.600. The first-order chi connectivity index (χ1) is 6.75. The van der Waals surface area contributed by atoms with Crippen LogP contribution in [0.3, 0.4) is 0 Å². The van der Waals surface area contributed by atoms with Crippen LogP contribution in [0.15, 0.2) is 12.1 Å². The minimum absolute atomic E-state index is 0.574. The molecule has 0 saturated heterocycles. The lowest BCUT2D eigenvalue weighted by Crippen LogP contribution is -2.21. The van der Waals surface area contributed by atoms with E-state index in [2.05, 4.69) is 37.4 Å². The predicted molar refractivity (Wildman–Crippen MR) is 63.6 cm³/mol. The molecule has 2 rings (SSSR count). The summed E-state index contributed by atoms with van der Waals surface area (Å²) in [5, 5.41) is 3.46. The smallest absolute Gasteiger partial charge is 0.0302 e. The van der Waals surface area contributed by atoms with Crippen LogP contribution in [0.1, 0.15) is 35.6 Å². The number of rotatable bonds is 3. The van der Waals surface area contributed by atoms with Gasteiger partial charge in [-0.25, -0.2) is 0 Å². The van der Waals surface area contributed by atoms with Crippen LogP contribution in [0.25, 0.3) is 6.08 Å². The first-order valence-corrected chi connectivity index (χ1v) is 6.09. The first kappa shape index (κ1) is 9.94. The molecule has 1 heterocycles. The van der Waals surface area contributed by atoms with Gasteiger partial charge >= 0.3 is 0 Å². The van der Waals surface area contributed by atoms with E-state index in [1.54, 1.807) is 4.88 Å². The number of nitrogens with one attached hydrogen (secondary N) is 1. The molecule has 0 unspecified atom stereocenters. The number of aryl methyl sites for hydroxylation is 1. The highest BCUT2D eigenvalue weighted by Crippen LogP contribution is 2.28. The van der Waals surface area contributed by atoms with Crippen LogP contribution in [0.5, 0.6) is 0 Å². The lowest BCUT2D eigenvalue weighted by molar-refractivity contribution is 0.593. The quantitative estimate of drug-likeness (QED) is 0.802. The molecule has 0 radical (unpaired) electrons. The van der Waals surface area contributed by atoms with Crippen molar-refractivity contribution in [2.24, 2.45) is 0 Å². The Morgan fingerprint density at radius 2 is 2.36 bits per heavy atom. The predicted octanol–water partition coefficient (Wildman–Crippen LogP) is 3.21. The number of hydrogen-bond acceptors (Lipinski definition) is 2. The molecule has 1 aromatic heterocycles. The summed E-state index contributed by atoms with van der Waals surface area (Å²) in [7, 11) is 0. The van der Waals surface area contributed by atoms with Gasteiger partial charge in [0.2, 0.25) is 0 Å². The maximum Gasteiger partial charge on any atom is 0.0302 e. The molecule has 1 aromatic rings. The Balaban J connectivity index is 2.06. The lowest BCUT2D eigenvalue weighted by atomic mass is 10.1. The second-order valence-corrected chi connectivity index (χ2v) is 5.29. The zero-order valence-corrected chi connectivity index (χ0v) is 9.66. The maximum atomic E-state index is 3.46. The van der Waals surface area contributed by atoms with Crippen molar-refractivity contribution in [3.05, 3.63) is 27.5 Å². The van der Waals surface area contributed by atoms with Gasteiger partial charge in [-0.3, -0.25) is 0 Å². The average Bonchev–Trinajstić information content (AvgIpc) is 2.57. The molecule has 0 spiro atoms. The second-order valence-electron chi connectivity index (χ2n) is 4.07. The molecular formula is C12H17NS. The molecule has 0 aliphatic heterocycles. The molecule has 1 aliphatic carbocycles. The number of thiophene rings is 1. The third-order valence-corrected chi connectivity index (χ3v) is 3.62. The zero-order chi connectivity index (χ0) is 9.97. The average molecular weight is 207 g/mol. The molecule has 14 heavy (non-hydrogen) atoms. The molecule has 1 nitrogen and oxygen atoms in total. The molecule has 0 atom stereocenters. The van der Waals surface area contributed by atoms with Crippen molar-refractivity contribution in [2.75, 3.05) is 0 Å². The van der Waals surface area contributed by atoms with Crippen LogP contribution in [-0.2, 0) is 13.0 Å². The number of fused-ring (bicyclic) bond motifs is 1. The summed E-state index contributed by atoms with van der Waals surface area (Å²) in [5.74, 6) is 0. The summed E-state index contributed by atoms with van der Waals surface area (Å²) >= 11 is 1.96. The van der Waals surface area contributed by atoms with Gasteiger partial charge in [0, 0.05) is 22.3 Å². The molecule has 0 bridgehead atoms. The molecule has 0 aromatic carbocycles. The van der Waals surface area contributed by atoms with E-state index in [-0.39, 0.29) is 0 Å². The van der Waals surface area contributed by atoms with Crippen LogP contribution in [0.4, 0.5) is 0 Å². The first-order valence-electron chi connectivity index (χ1n) is 5.27. The summed E-state index contributed by atoms with van der Waals surface area (Å²) in [6, 6.07) is 2.90. The minimum atomic E-state index is 0.574. The highest BCUT2D eigenvalue weighted by atomic mass is 32.1. The van der Waals surface area contributed by atoms with Crippen molar-refractivity contribution >= 4 is 17.4 Å². The monoisotopic (exact) mass is 207 g/mol. The summed E-state index contributed by atoms with van der Waals surface area (Å²) in [5.41, 5.74) is 1.45. The second kappa shape index (κ2) is 4.28. The van der Waals surface area contributed by atoms with Gasteiger partial charge in [0.15, 0.2) is 0 Å². The number of hydrogen-bond donors (Lipinski definition) is 1. The van der Waals surface area contributed by atoms with E-state index in [4.69, 9.17) is 0 Å². The van der Waals surface area contributed by atoms with Crippen LogP contribution < -0.4 is 5.32 Å². The summed E-state index contributed by atoms with van der Waals surface area (Å²) in [6.07, 6.45) is 6.98. The van der Waals surface area contributed by atoms with Gasteiger partial charge in [-0.1, -0.05) is 26.0 Å². The molecule has 0 amide bonds. The van der Waals surface area contributed by atoms with E-state index >= 15 is 0 Å². The fraction of sp³-hybridized carbons (Fsp3) is 0.500. The minimum Gasteiger partial charge on any atom is -0.310 e. The zero-order valence-electron chi connectivity index (χ0n) is 8.84. The topological polar surface area (TPSA) is 12.0 Å². The highest BCUT2D eigenvalue weighted by Gasteiger charge is 2.09. The van der Waals surface area contributed by atoms with E-state index in [0.717, 1.165) is 6.54 Å². The molecule has 0 saturated carbocycles. The van der Waals surface area contributed by atoms with Gasteiger partial charge in [0.05, 0.1) is 0 Å². The van der Waals surface area contributed by atoms with Gasteiger partial charge in [0.1, 0.15) is 0 Å². The van der Waals surface area contributed by atoms with Gasteiger partial charge in [-0.2, -0.15) is 0 Å². The van der Waals surface area contributed by atoms with Crippen molar-refractivity contribution in [3.8, 4) is 0 Å². The van der Waals surface area contributed by atoms with Crippen molar-refractivity contribution in [1.82, 2.24) is 5.32 Å². The third kappa shape index (κ3) is 2.25. The molecule has 76 valence electrons. The van der Waals surface area contributed by atoms with Gasteiger partial charge in [-0.05, 0) is 24.5 Å². The van der Waals surface area contributed by atoms with Crippen molar-refractivity contribution in [2.45, 2.75) is 39.3 Å². The Kier molecular flexibility index (Phi) is 3.04. The molecule has 1 aliphatic rings. The summed E-state index contributed by atoms with van der Waals surface area (Å²) < 4.78 is 0. The van der Waals surface area contributed by atoms with Gasteiger partial charge < -0.3 is 5.32 Å². The number of allylic oxidation sites excluding steroid dienone is 1. The summed E-state index contributed by atoms with van der Waals surface area (Å²) in [6.45, 7) is 5.39. The normalized spacial score (nSPS) is 14.8. The largest absolute Gasteiger partial charge is 0.310 e. The Labute approximate surface area is 89.8 Å². The fourth-order valence-electron chi connectivity index (χ4n) is 1.65. The summed E-state index contributed by atoms with van der Waals surface area (Å²) in [4.78, 5) is 3.03. The Morgan fingerprint density at radius 3 is 3.07 bits per heavy atom. The van der Waals surface area contributed by atoms with Gasteiger partial charge in [0.25, 0.3) is 0 Å². The fourth-order valence-corrected chi connectivity index (χ4v) is 2.78. The Morgan fingerprint density at radius 1 is 1.50 bits per heavy atom. The van der Waals surface area contributed by atoms with E-state index in [9.17, 15) is 0 Å². The standard InChI is InChI=1S/C12H17NS/c1-9(2)13-8-11-7-10-5-3-4-6-12(10)14-11/h3,5,7,9,13H,4,6,8H2,1-2H3. The van der Waals surface area contributed by atoms with Crippen LogP contribution in [0.2, 0.25) is 0 Å². The molecule has 2 heteroatoms. The SMILES string of the molecule is CC(C)NCc1cc2c(s1)CCC=C2. The van der Waals surface area contributed by atoms with Crippen molar-refractivity contribution < 1.29 is 0 Å². The third-order valence-electron chi connectivity index (χ3n) is 2.41. The van der Waals surface area contributed by atoms with Crippen molar-refractivity contribution in [3.63, 3.8) is 0 Å². The van der Waals surface area contributed by atoms with Crippen molar-refractivity contribution in [1.29, 1.82) is 0 Å². The highest BCUT2D eigenvalue weighted by molar-refractivity contribution is 7.12. The van der Waals surface area contributed by atoms with E-state index in [1.165, 1.54) is 23.3 Å². The van der Waals surface area contributed by atoms with Crippen LogP contribution in [0, 0.1) is 0 Å². The van der Waals surface area contributed by atoms with Crippen LogP contribution in [-0.4, -0.2) is 6.04 Å². The van der Waals surface area contributed by atoms with E-state index in [0.29, 0.717) is 6.04 Å². The van der Waals surface area contributed by atoms with E-state index in [1.807, 2.05) is 11.3 Å². The molecular weight excluding hydrogens is 190 g/mol. The molecule has 0 fully saturated rings. The lowest BCUT2D eigenvalue weighted by Gasteiger charge is -2.05. The van der Waals surface area contributed by atoms with Crippen LogP contribution >= 0.6 is 11.3 Å². The van der Waals surface area contributed by atoms with E-state index < -0.39 is 0 Å². The van der Waals surface area contributed by atoms with Gasteiger partial charge in [-0.15, -0.1) is 11.3 Å².